The highest BCUT2D eigenvalue weighted by molar-refractivity contribution is 7.94. The van der Waals surface area contributed by atoms with Gasteiger partial charge in [0, 0.05) is 22.8 Å². The van der Waals surface area contributed by atoms with Crippen molar-refractivity contribution in [2.45, 2.75) is 9.79 Å². The van der Waals surface area contributed by atoms with Crippen LogP contribution in [0.1, 0.15) is 0 Å². The lowest BCUT2D eigenvalue weighted by Gasteiger charge is -2.09. The molecule has 3 rings (SSSR count). The number of methoxy groups -OCH3 is 1. The van der Waals surface area contributed by atoms with Crippen molar-refractivity contribution in [3.05, 3.63) is 48.5 Å². The van der Waals surface area contributed by atoms with Crippen molar-refractivity contribution in [1.82, 2.24) is 0 Å². The summed E-state index contributed by atoms with van der Waals surface area (Å²) in [5.74, 6) is -0.171. The van der Waals surface area contributed by atoms with Crippen LogP contribution in [0.5, 0.6) is 5.75 Å². The molecule has 0 aromatic heterocycles. The lowest BCUT2D eigenvalue weighted by molar-refractivity contribution is -0.432. The first kappa shape index (κ1) is 22.9. The van der Waals surface area contributed by atoms with Gasteiger partial charge in [0.2, 0.25) is 0 Å². The molecule has 0 spiro atoms. The smallest absolute Gasteiger partial charge is 0.180 e. The van der Waals surface area contributed by atoms with Gasteiger partial charge >= 0.3 is 0 Å². The fourth-order valence-corrected chi connectivity index (χ4v) is 4.35. The number of fused-ring (bicyclic) bond motifs is 1. The number of sulfone groups is 1. The van der Waals surface area contributed by atoms with E-state index in [9.17, 15) is 13.5 Å². The fraction of sp³-hybridized carbons (Fsp3) is 0.158. The van der Waals surface area contributed by atoms with Crippen molar-refractivity contribution in [1.29, 1.82) is 0 Å². The van der Waals surface area contributed by atoms with Gasteiger partial charge in [-0.1, -0.05) is 5.04 Å². The molecular weight excluding hydrogens is 446 g/mol. The van der Waals surface area contributed by atoms with E-state index in [1.807, 2.05) is 0 Å². The van der Waals surface area contributed by atoms with E-state index in [-0.39, 0.29) is 23.0 Å². The van der Waals surface area contributed by atoms with Gasteiger partial charge in [-0.2, -0.15) is 5.11 Å². The summed E-state index contributed by atoms with van der Waals surface area (Å²) in [6, 6.07) is 12.2. The number of rotatable bonds is 9. The molecule has 0 radical (unpaired) electrons. The molecule has 31 heavy (non-hydrogen) atoms. The van der Waals surface area contributed by atoms with Crippen molar-refractivity contribution in [2.24, 2.45) is 10.2 Å². The number of nitrogen functional groups attached to an aromatic ring is 1. The topological polar surface area (TPSA) is 153 Å². The minimum absolute atomic E-state index is 0.0522. The number of aromatic hydroxyl groups is 1. The maximum atomic E-state index is 12.2. The second-order valence-corrected chi connectivity index (χ2v) is 9.16. The average Bonchev–Trinajstić information content (AvgIpc) is 2.76. The molecular formula is C19H19N3O7S2. The Labute approximate surface area is 182 Å². The summed E-state index contributed by atoms with van der Waals surface area (Å²) in [7, 11) is -2.01. The quantitative estimate of drug-likeness (QED) is 0.137. The normalized spacial score (nSPS) is 12.1. The van der Waals surface area contributed by atoms with Gasteiger partial charge in [0.15, 0.2) is 9.84 Å². The Balaban J connectivity index is 1.93. The van der Waals surface area contributed by atoms with Crippen molar-refractivity contribution < 1.29 is 32.9 Å². The fourth-order valence-electron chi connectivity index (χ4n) is 2.74. The van der Waals surface area contributed by atoms with E-state index in [0.29, 0.717) is 44.8 Å². The Hall–Kier alpha value is -2.74. The molecule has 3 aromatic rings. The molecule has 0 aliphatic heterocycles. The number of hydrogen-bond acceptors (Lipinski definition) is 11. The first-order valence-corrected chi connectivity index (χ1v) is 11.2. The molecule has 0 bridgehead atoms. The molecule has 0 amide bonds. The van der Waals surface area contributed by atoms with E-state index in [1.165, 1.54) is 37.4 Å². The van der Waals surface area contributed by atoms with Crippen LogP contribution >= 0.6 is 12.0 Å². The number of anilines is 1. The monoisotopic (exact) mass is 465 g/mol. The van der Waals surface area contributed by atoms with Crippen LogP contribution in [0.25, 0.3) is 10.8 Å². The summed E-state index contributed by atoms with van der Waals surface area (Å²) in [6.07, 6.45) is 0. The zero-order valence-corrected chi connectivity index (χ0v) is 17.9. The van der Waals surface area contributed by atoms with Crippen LogP contribution in [0.4, 0.5) is 17.1 Å². The molecule has 164 valence electrons. The summed E-state index contributed by atoms with van der Waals surface area (Å²) in [6.45, 7) is 0.104. The predicted octanol–water partition coefficient (Wildman–Crippen LogP) is 4.39. The summed E-state index contributed by atoms with van der Waals surface area (Å²) in [4.78, 5) is 0.581. The van der Waals surface area contributed by atoms with E-state index in [4.69, 9.17) is 15.7 Å². The molecule has 0 heterocycles. The molecule has 4 N–H and O–H groups in total. The second kappa shape index (κ2) is 10.0. The molecule has 0 aliphatic carbocycles. The maximum Gasteiger partial charge on any atom is 0.180 e. The van der Waals surface area contributed by atoms with Crippen molar-refractivity contribution in [2.75, 3.05) is 25.2 Å². The third kappa shape index (κ3) is 5.50. The van der Waals surface area contributed by atoms with E-state index < -0.39 is 9.84 Å². The number of ether oxygens (including phenoxy) is 1. The van der Waals surface area contributed by atoms with Crippen LogP contribution < -0.4 is 5.73 Å². The number of benzene rings is 3. The van der Waals surface area contributed by atoms with Crippen molar-refractivity contribution >= 4 is 49.7 Å². The van der Waals surface area contributed by atoms with Gasteiger partial charge in [0.05, 0.1) is 40.7 Å². The van der Waals surface area contributed by atoms with Crippen LogP contribution in [0.15, 0.2) is 68.6 Å². The minimum atomic E-state index is -3.45. The number of nitrogens with two attached hydrogens (primary N) is 1. The van der Waals surface area contributed by atoms with E-state index >= 15 is 0 Å². The molecule has 3 aromatic carbocycles. The van der Waals surface area contributed by atoms with Crippen LogP contribution in [0.2, 0.25) is 0 Å². The lowest BCUT2D eigenvalue weighted by Crippen LogP contribution is -2.11. The van der Waals surface area contributed by atoms with E-state index in [1.54, 1.807) is 18.2 Å². The Morgan fingerprint density at radius 3 is 2.48 bits per heavy atom. The van der Waals surface area contributed by atoms with Crippen molar-refractivity contribution in [3.8, 4) is 5.75 Å². The zero-order valence-electron chi connectivity index (χ0n) is 16.3. The highest BCUT2D eigenvalue weighted by Gasteiger charge is 2.14. The van der Waals surface area contributed by atoms with Gasteiger partial charge < -0.3 is 15.6 Å². The molecule has 12 heteroatoms. The average molecular weight is 466 g/mol. The van der Waals surface area contributed by atoms with E-state index in [0.717, 1.165) is 0 Å². The summed E-state index contributed by atoms with van der Waals surface area (Å²) in [5.41, 5.74) is 7.08. The highest BCUT2D eigenvalue weighted by atomic mass is 32.2. The summed E-state index contributed by atoms with van der Waals surface area (Å²) >= 11 is 0.677. The molecule has 0 atom stereocenters. The van der Waals surface area contributed by atoms with E-state index in [2.05, 4.69) is 19.6 Å². The second-order valence-electron chi connectivity index (χ2n) is 6.27. The van der Waals surface area contributed by atoms with Gasteiger partial charge in [-0.15, -0.1) is 9.45 Å². The largest absolute Gasteiger partial charge is 0.507 e. The third-order valence-corrected chi connectivity index (χ3v) is 6.52. The van der Waals surface area contributed by atoms with Gasteiger partial charge in [-0.05, 0) is 48.5 Å². The van der Waals surface area contributed by atoms with Gasteiger partial charge in [0.25, 0.3) is 0 Å². The zero-order chi connectivity index (χ0) is 22.4. The molecule has 0 fully saturated rings. The molecule has 0 saturated heterocycles. The summed E-state index contributed by atoms with van der Waals surface area (Å²) in [5, 5.41) is 31.5. The van der Waals surface area contributed by atoms with Crippen LogP contribution in [-0.2, 0) is 23.9 Å². The van der Waals surface area contributed by atoms with Gasteiger partial charge in [-0.25, -0.2) is 13.7 Å². The van der Waals surface area contributed by atoms with Crippen LogP contribution in [0.3, 0.4) is 0 Å². The standard InChI is InChI=1S/C19H19N3O7S2/c1-27-8-9-31(25,26)14-4-2-12(3-5-14)21-22-19-16-10-13(30-29-28-24)11-18(23)15(16)6-7-17(19)20/h2-7,10-11,23-24H,8-9,20H2,1H3. The first-order valence-electron chi connectivity index (χ1n) is 8.79. The molecule has 0 unspecified atom stereocenters. The number of nitrogens with zero attached hydrogens (tertiary/aromatic N) is 2. The van der Waals surface area contributed by atoms with Crippen LogP contribution in [0, 0.1) is 0 Å². The first-order chi connectivity index (χ1) is 14.9. The Bertz CT molecular complexity index is 1200. The number of phenols is 1. The molecule has 10 nitrogen and oxygen atoms in total. The number of hydrogen-bond donors (Lipinski definition) is 3. The SMILES string of the molecule is COCCS(=O)(=O)c1ccc(N=Nc2c(N)ccc3c(O)cc(SOOO)cc23)cc1. The Morgan fingerprint density at radius 2 is 1.81 bits per heavy atom. The van der Waals surface area contributed by atoms with Crippen LogP contribution in [-0.4, -0.2) is 38.3 Å². The highest BCUT2D eigenvalue weighted by Crippen LogP contribution is 2.40. The molecule has 0 saturated carbocycles. The Morgan fingerprint density at radius 1 is 1.06 bits per heavy atom. The summed E-state index contributed by atoms with van der Waals surface area (Å²) < 4.78 is 33.6. The Kier molecular flexibility index (Phi) is 7.43. The predicted molar refractivity (Wildman–Crippen MR) is 115 cm³/mol. The number of phenolic OH excluding ortho intramolecular Hbond substituents is 1. The lowest BCUT2D eigenvalue weighted by atomic mass is 10.1. The third-order valence-electron chi connectivity index (χ3n) is 4.27. The van der Waals surface area contributed by atoms with Gasteiger partial charge in [0.1, 0.15) is 11.4 Å². The maximum absolute atomic E-state index is 12.2. The van der Waals surface area contributed by atoms with Gasteiger partial charge in [-0.3, -0.25) is 0 Å². The molecule has 0 aliphatic rings. The minimum Gasteiger partial charge on any atom is -0.507 e. The number of azo groups is 1. The van der Waals surface area contributed by atoms with Crippen molar-refractivity contribution in [3.63, 3.8) is 0 Å².